The molecule has 0 aliphatic heterocycles. The monoisotopic (exact) mass is 457 g/mol. The van der Waals surface area contributed by atoms with E-state index in [0.29, 0.717) is 17.1 Å². The lowest BCUT2D eigenvalue weighted by molar-refractivity contribution is -0.121. The largest absolute Gasteiger partial charge is 0.497 e. The quantitative estimate of drug-likeness (QED) is 0.370. The van der Waals surface area contributed by atoms with Crippen molar-refractivity contribution < 1.29 is 27.1 Å². The second-order valence-electron chi connectivity index (χ2n) is 6.58. The Kier molecular flexibility index (Phi) is 7.63. The molecule has 0 saturated carbocycles. The van der Waals surface area contributed by atoms with Crippen LogP contribution < -0.4 is 14.9 Å². The smallest absolute Gasteiger partial charge is 0.255 e. The maximum atomic E-state index is 13.5. The summed E-state index contributed by atoms with van der Waals surface area (Å²) in [7, 11) is -1.33. The fraction of sp³-hybridized carbons (Fsp3) is 0.182. The van der Waals surface area contributed by atoms with E-state index in [0.717, 1.165) is 4.31 Å². The topological polar surface area (TPSA) is 110 Å². The molecule has 3 rings (SSSR count). The highest BCUT2D eigenvalue weighted by Gasteiger charge is 2.30. The molecule has 168 valence electrons. The fourth-order valence-corrected chi connectivity index (χ4v) is 4.42. The molecule has 0 atom stereocenters. The summed E-state index contributed by atoms with van der Waals surface area (Å²) in [5.74, 6) is 0.311. The van der Waals surface area contributed by atoms with Gasteiger partial charge in [-0.05, 0) is 29.8 Å². The van der Waals surface area contributed by atoms with E-state index in [1.54, 1.807) is 42.5 Å². The van der Waals surface area contributed by atoms with Crippen LogP contribution in [-0.2, 0) is 21.4 Å². The molecule has 0 aliphatic carbocycles. The normalized spacial score (nSPS) is 11.6. The van der Waals surface area contributed by atoms with Gasteiger partial charge in [-0.3, -0.25) is 4.79 Å². The van der Waals surface area contributed by atoms with E-state index in [1.165, 1.54) is 38.8 Å². The summed E-state index contributed by atoms with van der Waals surface area (Å²) < 4.78 is 43.6. The molecule has 1 heterocycles. The number of rotatable bonds is 10. The van der Waals surface area contributed by atoms with E-state index in [1.807, 2.05) is 6.07 Å². The van der Waals surface area contributed by atoms with Gasteiger partial charge in [0, 0.05) is 12.6 Å². The van der Waals surface area contributed by atoms with Gasteiger partial charge >= 0.3 is 0 Å². The first kappa shape index (κ1) is 23.0. The van der Waals surface area contributed by atoms with Crippen LogP contribution in [0.1, 0.15) is 11.3 Å². The number of ether oxygens (including phenoxy) is 2. The number of hydrazone groups is 1. The maximum absolute atomic E-state index is 13.5. The second kappa shape index (κ2) is 10.6. The molecule has 1 N–H and O–H groups in total. The first-order chi connectivity index (χ1) is 15.4. The number of furan rings is 1. The Morgan fingerprint density at radius 3 is 2.53 bits per heavy atom. The highest BCUT2D eigenvalue weighted by atomic mass is 32.2. The Bertz CT molecular complexity index is 1160. The zero-order valence-corrected chi connectivity index (χ0v) is 18.4. The zero-order chi connectivity index (χ0) is 23.0. The van der Waals surface area contributed by atoms with Crippen molar-refractivity contribution in [1.82, 2.24) is 9.73 Å². The van der Waals surface area contributed by atoms with Crippen molar-refractivity contribution >= 4 is 22.1 Å². The summed E-state index contributed by atoms with van der Waals surface area (Å²) in [6.07, 6.45) is 2.79. The van der Waals surface area contributed by atoms with E-state index >= 15 is 0 Å². The number of carbonyl (C=O) groups is 1. The Hall–Kier alpha value is -3.63. The van der Waals surface area contributed by atoms with Crippen molar-refractivity contribution in [3.8, 4) is 11.5 Å². The van der Waals surface area contributed by atoms with Gasteiger partial charge in [0.05, 0.1) is 33.2 Å². The Balaban J connectivity index is 1.89. The van der Waals surface area contributed by atoms with Gasteiger partial charge in [-0.25, -0.2) is 13.8 Å². The van der Waals surface area contributed by atoms with Crippen LogP contribution in [0.3, 0.4) is 0 Å². The minimum atomic E-state index is -4.14. The SMILES string of the molecule is COc1ccc(OC)c(S(=O)(=O)N(CC(=O)N/N=C/c2ccco2)Cc2ccccc2)c1. The van der Waals surface area contributed by atoms with Gasteiger partial charge in [0.25, 0.3) is 5.91 Å². The van der Waals surface area contributed by atoms with Crippen LogP contribution in [0.4, 0.5) is 0 Å². The third-order valence-corrected chi connectivity index (χ3v) is 6.25. The predicted octanol–water partition coefficient (Wildman–Crippen LogP) is 2.64. The minimum absolute atomic E-state index is 0.0289. The zero-order valence-electron chi connectivity index (χ0n) is 17.6. The molecule has 0 radical (unpaired) electrons. The third kappa shape index (κ3) is 5.74. The number of amides is 1. The van der Waals surface area contributed by atoms with Crippen molar-refractivity contribution in [1.29, 1.82) is 0 Å². The van der Waals surface area contributed by atoms with Crippen molar-refractivity contribution in [2.24, 2.45) is 5.10 Å². The molecule has 0 unspecified atom stereocenters. The minimum Gasteiger partial charge on any atom is -0.497 e. The van der Waals surface area contributed by atoms with Crippen LogP contribution in [0, 0.1) is 0 Å². The van der Waals surface area contributed by atoms with E-state index in [9.17, 15) is 13.2 Å². The molecule has 0 fully saturated rings. The summed E-state index contributed by atoms with van der Waals surface area (Å²) >= 11 is 0. The number of hydrogen-bond donors (Lipinski definition) is 1. The number of methoxy groups -OCH3 is 2. The van der Waals surface area contributed by atoms with Crippen LogP contribution in [-0.4, -0.2) is 45.6 Å². The van der Waals surface area contributed by atoms with Gasteiger partial charge in [-0.15, -0.1) is 0 Å². The van der Waals surface area contributed by atoms with Gasteiger partial charge in [-0.1, -0.05) is 30.3 Å². The molecule has 0 spiro atoms. The Morgan fingerprint density at radius 2 is 1.88 bits per heavy atom. The molecule has 1 amide bonds. The number of benzene rings is 2. The molecular weight excluding hydrogens is 434 g/mol. The number of nitrogens with one attached hydrogen (secondary N) is 1. The van der Waals surface area contributed by atoms with Gasteiger partial charge in [0.15, 0.2) is 0 Å². The highest BCUT2D eigenvalue weighted by Crippen LogP contribution is 2.31. The fourth-order valence-electron chi connectivity index (χ4n) is 2.87. The van der Waals surface area contributed by atoms with E-state index < -0.39 is 22.5 Å². The van der Waals surface area contributed by atoms with E-state index in [-0.39, 0.29) is 17.2 Å². The van der Waals surface area contributed by atoms with Crippen LogP contribution in [0.2, 0.25) is 0 Å². The molecule has 0 bridgehead atoms. The molecule has 0 aliphatic rings. The van der Waals surface area contributed by atoms with Crippen LogP contribution in [0.15, 0.2) is 81.3 Å². The summed E-state index contributed by atoms with van der Waals surface area (Å²) in [4.78, 5) is 12.4. The van der Waals surface area contributed by atoms with Crippen LogP contribution in [0.25, 0.3) is 0 Å². The lowest BCUT2D eigenvalue weighted by Gasteiger charge is -2.23. The highest BCUT2D eigenvalue weighted by molar-refractivity contribution is 7.89. The van der Waals surface area contributed by atoms with Gasteiger partial charge < -0.3 is 13.9 Å². The van der Waals surface area contributed by atoms with E-state index in [2.05, 4.69) is 10.5 Å². The van der Waals surface area contributed by atoms with Crippen molar-refractivity contribution in [2.75, 3.05) is 20.8 Å². The van der Waals surface area contributed by atoms with E-state index in [4.69, 9.17) is 13.9 Å². The first-order valence-electron chi connectivity index (χ1n) is 9.55. The second-order valence-corrected chi connectivity index (χ2v) is 8.49. The molecule has 10 heteroatoms. The third-order valence-electron chi connectivity index (χ3n) is 4.43. The summed E-state index contributed by atoms with van der Waals surface area (Å²) in [5.41, 5.74) is 3.03. The maximum Gasteiger partial charge on any atom is 0.255 e. The molecule has 9 nitrogen and oxygen atoms in total. The lowest BCUT2D eigenvalue weighted by Crippen LogP contribution is -2.39. The van der Waals surface area contributed by atoms with Crippen LogP contribution in [0.5, 0.6) is 11.5 Å². The van der Waals surface area contributed by atoms with Crippen molar-refractivity contribution in [2.45, 2.75) is 11.4 Å². The first-order valence-corrected chi connectivity index (χ1v) is 11.0. The summed E-state index contributed by atoms with van der Waals surface area (Å²) in [6.45, 7) is -0.494. The number of sulfonamides is 1. The molecule has 0 saturated heterocycles. The number of carbonyl (C=O) groups excluding carboxylic acids is 1. The average Bonchev–Trinajstić information content (AvgIpc) is 3.32. The van der Waals surface area contributed by atoms with Gasteiger partial charge in [0.1, 0.15) is 22.2 Å². The lowest BCUT2D eigenvalue weighted by atomic mass is 10.2. The predicted molar refractivity (Wildman–Crippen MR) is 118 cm³/mol. The van der Waals surface area contributed by atoms with Gasteiger partial charge in [0.2, 0.25) is 10.0 Å². The van der Waals surface area contributed by atoms with Crippen molar-refractivity contribution in [3.63, 3.8) is 0 Å². The average molecular weight is 458 g/mol. The Morgan fingerprint density at radius 1 is 1.09 bits per heavy atom. The molecule has 3 aromatic rings. The number of nitrogens with zero attached hydrogens (tertiary/aromatic N) is 2. The molecular formula is C22H23N3O6S. The van der Waals surface area contributed by atoms with Crippen molar-refractivity contribution in [3.05, 3.63) is 78.3 Å². The molecule has 2 aromatic carbocycles. The Labute approximate surface area is 186 Å². The molecule has 1 aromatic heterocycles. The van der Waals surface area contributed by atoms with Gasteiger partial charge in [-0.2, -0.15) is 9.41 Å². The number of hydrogen-bond acceptors (Lipinski definition) is 7. The summed E-state index contributed by atoms with van der Waals surface area (Å²) in [6, 6.07) is 16.8. The summed E-state index contributed by atoms with van der Waals surface area (Å²) in [5, 5.41) is 3.81. The standard InChI is InChI=1S/C22H23N3O6S/c1-29-18-10-11-20(30-2)21(13-18)32(27,28)25(15-17-7-4-3-5-8-17)16-22(26)24-23-14-19-9-6-12-31-19/h3-14H,15-16H2,1-2H3,(H,24,26)/b23-14+. The van der Waals surface area contributed by atoms with Crippen LogP contribution >= 0.6 is 0 Å². The molecule has 32 heavy (non-hydrogen) atoms.